The second-order valence-electron chi connectivity index (χ2n) is 14.3. The fraction of sp³-hybridized carbons (Fsp3) is 0. The Kier molecular flexibility index (Phi) is 6.76. The van der Waals surface area contributed by atoms with E-state index < -0.39 is 0 Å². The lowest BCUT2D eigenvalue weighted by atomic mass is 9.92. The number of thiophene rings is 1. The highest BCUT2D eigenvalue weighted by atomic mass is 32.1. The van der Waals surface area contributed by atoms with Crippen LogP contribution in [-0.2, 0) is 0 Å². The van der Waals surface area contributed by atoms with Crippen molar-refractivity contribution in [2.24, 2.45) is 0 Å². The first-order valence-corrected chi connectivity index (χ1v) is 19.6. The zero-order valence-corrected chi connectivity index (χ0v) is 30.7. The summed E-state index contributed by atoms with van der Waals surface area (Å²) in [5.41, 5.74) is 6.75. The number of fused-ring (bicyclic) bond motifs is 11. The summed E-state index contributed by atoms with van der Waals surface area (Å²) in [6.07, 6.45) is 0. The van der Waals surface area contributed by atoms with Gasteiger partial charge in [0.2, 0.25) is 0 Å². The Morgan fingerprint density at radius 2 is 0.982 bits per heavy atom. The molecule has 0 spiro atoms. The molecule has 0 amide bonds. The van der Waals surface area contributed by atoms with E-state index in [-0.39, 0.29) is 0 Å². The van der Waals surface area contributed by atoms with Gasteiger partial charge in [0.25, 0.3) is 0 Å². The van der Waals surface area contributed by atoms with Gasteiger partial charge >= 0.3 is 0 Å². The molecule has 3 heterocycles. The van der Waals surface area contributed by atoms with Crippen LogP contribution in [0, 0.1) is 0 Å². The molecule has 260 valence electrons. The minimum atomic E-state index is 0.619. The molecule has 3 aromatic heterocycles. The van der Waals surface area contributed by atoms with Crippen LogP contribution in [0.25, 0.3) is 120 Å². The van der Waals surface area contributed by atoms with Crippen LogP contribution < -0.4 is 0 Å². The van der Waals surface area contributed by atoms with Crippen LogP contribution in [0.2, 0.25) is 0 Å². The summed E-state index contributed by atoms with van der Waals surface area (Å²) in [6, 6.07) is 62.1. The number of hydrogen-bond donors (Lipinski definition) is 0. The maximum Gasteiger partial charge on any atom is 0.164 e. The second kappa shape index (κ2) is 12.2. The normalized spacial score (nSPS) is 11.9. The monoisotopic (exact) mass is 731 g/mol. The highest BCUT2D eigenvalue weighted by molar-refractivity contribution is 7.25. The van der Waals surface area contributed by atoms with Crippen molar-refractivity contribution in [3.63, 3.8) is 0 Å². The van der Waals surface area contributed by atoms with Crippen molar-refractivity contribution in [1.29, 1.82) is 0 Å². The molecule has 0 saturated heterocycles. The van der Waals surface area contributed by atoms with Crippen molar-refractivity contribution in [2.75, 3.05) is 0 Å². The summed E-state index contributed by atoms with van der Waals surface area (Å²) in [6.45, 7) is 0. The van der Waals surface area contributed by atoms with Crippen LogP contribution in [0.5, 0.6) is 0 Å². The van der Waals surface area contributed by atoms with Crippen LogP contribution in [0.3, 0.4) is 0 Å². The number of nitrogens with zero attached hydrogens (tertiary/aromatic N) is 3. The number of rotatable bonds is 4. The van der Waals surface area contributed by atoms with E-state index in [0.29, 0.717) is 17.5 Å². The van der Waals surface area contributed by atoms with Gasteiger partial charge in [-0.3, -0.25) is 0 Å². The molecule has 0 radical (unpaired) electrons. The number of benzene rings is 9. The summed E-state index contributed by atoms with van der Waals surface area (Å²) < 4.78 is 8.78. The van der Waals surface area contributed by atoms with E-state index in [9.17, 15) is 0 Å². The Labute approximate surface area is 325 Å². The molecule has 56 heavy (non-hydrogen) atoms. The van der Waals surface area contributed by atoms with Gasteiger partial charge in [-0.15, -0.1) is 11.3 Å². The van der Waals surface area contributed by atoms with E-state index in [2.05, 4.69) is 158 Å². The number of para-hydroxylation sites is 1. The number of furan rings is 1. The van der Waals surface area contributed by atoms with E-state index in [0.717, 1.165) is 60.5 Å². The zero-order chi connectivity index (χ0) is 36.7. The van der Waals surface area contributed by atoms with Crippen LogP contribution in [0.1, 0.15) is 0 Å². The van der Waals surface area contributed by atoms with Crippen LogP contribution >= 0.6 is 11.3 Å². The van der Waals surface area contributed by atoms with Gasteiger partial charge in [-0.1, -0.05) is 127 Å². The van der Waals surface area contributed by atoms with Crippen molar-refractivity contribution in [3.05, 3.63) is 176 Å². The van der Waals surface area contributed by atoms with Gasteiger partial charge in [0.05, 0.1) is 0 Å². The van der Waals surface area contributed by atoms with Gasteiger partial charge in [0, 0.05) is 47.6 Å². The Morgan fingerprint density at radius 1 is 0.339 bits per heavy atom. The minimum Gasteiger partial charge on any atom is -0.456 e. The third kappa shape index (κ3) is 4.81. The molecule has 0 fully saturated rings. The maximum atomic E-state index is 6.27. The SMILES string of the molecule is c1cc(-c2nc(-c3ccc4sc5ccccc5c4c3)nc(-c3cc4ccccc4c4c3ccc3ccccc34)n2)cc(-c2cccc3oc4ccccc4c23)c1. The molecule has 0 N–H and O–H groups in total. The molecule has 0 aliphatic rings. The number of hydrogen-bond acceptors (Lipinski definition) is 5. The third-order valence-corrected chi connectivity index (χ3v) is 12.2. The molecule has 5 heteroatoms. The Bertz CT molecular complexity index is 3550. The molecule has 12 aromatic rings. The molecule has 0 aliphatic carbocycles. The second-order valence-corrected chi connectivity index (χ2v) is 15.4. The quantitative estimate of drug-likeness (QED) is 0.169. The molecule has 0 atom stereocenters. The summed E-state index contributed by atoms with van der Waals surface area (Å²) in [5, 5.41) is 11.7. The molecule has 12 rings (SSSR count). The maximum absolute atomic E-state index is 6.27. The lowest BCUT2D eigenvalue weighted by Gasteiger charge is -2.14. The van der Waals surface area contributed by atoms with Crippen molar-refractivity contribution < 1.29 is 4.42 Å². The predicted molar refractivity (Wildman–Crippen MR) is 234 cm³/mol. The molecular formula is C51H29N3OS. The minimum absolute atomic E-state index is 0.619. The van der Waals surface area contributed by atoms with Gasteiger partial charge in [-0.05, 0) is 92.0 Å². The van der Waals surface area contributed by atoms with Crippen LogP contribution in [-0.4, -0.2) is 15.0 Å². The topological polar surface area (TPSA) is 51.8 Å². The van der Waals surface area contributed by atoms with Crippen molar-refractivity contribution in [1.82, 2.24) is 15.0 Å². The smallest absolute Gasteiger partial charge is 0.164 e. The molecule has 4 nitrogen and oxygen atoms in total. The summed E-state index contributed by atoms with van der Waals surface area (Å²) >= 11 is 1.81. The van der Waals surface area contributed by atoms with Gasteiger partial charge < -0.3 is 4.42 Å². The zero-order valence-electron chi connectivity index (χ0n) is 29.9. The summed E-state index contributed by atoms with van der Waals surface area (Å²) in [5.74, 6) is 1.89. The van der Waals surface area contributed by atoms with E-state index in [4.69, 9.17) is 19.4 Å². The number of aromatic nitrogens is 3. The van der Waals surface area contributed by atoms with E-state index >= 15 is 0 Å². The van der Waals surface area contributed by atoms with Gasteiger partial charge in [-0.25, -0.2) is 15.0 Å². The average Bonchev–Trinajstić information content (AvgIpc) is 3.84. The highest BCUT2D eigenvalue weighted by Crippen LogP contribution is 2.41. The fourth-order valence-electron chi connectivity index (χ4n) is 8.52. The summed E-state index contributed by atoms with van der Waals surface area (Å²) in [4.78, 5) is 15.9. The molecule has 0 aliphatic heterocycles. The van der Waals surface area contributed by atoms with Crippen molar-refractivity contribution in [2.45, 2.75) is 0 Å². The lowest BCUT2D eigenvalue weighted by molar-refractivity contribution is 0.669. The van der Waals surface area contributed by atoms with Gasteiger partial charge in [0.15, 0.2) is 17.5 Å². The van der Waals surface area contributed by atoms with Crippen LogP contribution in [0.15, 0.2) is 180 Å². The lowest BCUT2D eigenvalue weighted by Crippen LogP contribution is -2.01. The third-order valence-electron chi connectivity index (χ3n) is 11.1. The van der Waals surface area contributed by atoms with Crippen molar-refractivity contribution in [3.8, 4) is 45.3 Å². The Balaban J connectivity index is 1.12. The van der Waals surface area contributed by atoms with E-state index in [1.807, 2.05) is 29.5 Å². The molecular weight excluding hydrogens is 703 g/mol. The largest absolute Gasteiger partial charge is 0.456 e. The van der Waals surface area contributed by atoms with E-state index in [1.165, 1.54) is 41.7 Å². The molecule has 0 bridgehead atoms. The van der Waals surface area contributed by atoms with Gasteiger partial charge in [0.1, 0.15) is 11.2 Å². The Hall–Kier alpha value is -7.21. The first-order valence-electron chi connectivity index (χ1n) is 18.8. The van der Waals surface area contributed by atoms with E-state index in [1.54, 1.807) is 0 Å². The molecule has 9 aromatic carbocycles. The van der Waals surface area contributed by atoms with Gasteiger partial charge in [-0.2, -0.15) is 0 Å². The standard InChI is InChI=1S/C51H29N3OS/c1-3-15-35-30(11-1)23-25-39-42(28-32-12-2-4-16-36(32)47(35)39)51-53-49(52-50(54-51)34-24-26-46-41(29-34)38-17-6-8-22-45(38)56-46)33-14-9-13-31(27-33)37-19-10-21-44-48(37)40-18-5-7-20-43(40)55-44/h1-29H. The molecule has 0 unspecified atom stereocenters. The highest BCUT2D eigenvalue weighted by Gasteiger charge is 2.19. The fourth-order valence-corrected chi connectivity index (χ4v) is 9.60. The first-order chi connectivity index (χ1) is 27.7. The Morgan fingerprint density at radius 3 is 1.86 bits per heavy atom. The summed E-state index contributed by atoms with van der Waals surface area (Å²) in [7, 11) is 0. The predicted octanol–water partition coefficient (Wildman–Crippen LogP) is 14.3. The molecule has 0 saturated carbocycles. The van der Waals surface area contributed by atoms with Crippen LogP contribution in [0.4, 0.5) is 0 Å². The first kappa shape index (κ1) is 31.2. The average molecular weight is 732 g/mol. The van der Waals surface area contributed by atoms with Crippen molar-refractivity contribution >= 4 is 85.8 Å².